The van der Waals surface area contributed by atoms with Gasteiger partial charge in [-0.15, -0.1) is 0 Å². The van der Waals surface area contributed by atoms with E-state index in [4.69, 9.17) is 9.47 Å². The van der Waals surface area contributed by atoms with E-state index in [-0.39, 0.29) is 47.3 Å². The second-order valence-electron chi connectivity index (χ2n) is 9.26. The highest BCUT2D eigenvalue weighted by molar-refractivity contribution is 5.87. The van der Waals surface area contributed by atoms with Crippen LogP contribution in [0.15, 0.2) is 11.6 Å². The minimum atomic E-state index is -1.08. The number of carbonyl (C=O) groups excluding carboxylic acids is 3. The number of rotatable bonds is 2. The van der Waals surface area contributed by atoms with Crippen LogP contribution in [0.5, 0.6) is 0 Å². The van der Waals surface area contributed by atoms with E-state index in [1.165, 1.54) is 20.3 Å². The second kappa shape index (κ2) is 7.29. The highest BCUT2D eigenvalue weighted by Gasteiger charge is 2.65. The Bertz CT molecular complexity index is 712. The molecule has 1 N–H and O–H groups in total. The van der Waals surface area contributed by atoms with Crippen LogP contribution in [0.1, 0.15) is 52.9 Å². The van der Waals surface area contributed by atoms with E-state index >= 15 is 0 Å². The summed E-state index contributed by atoms with van der Waals surface area (Å²) in [6.07, 6.45) is 3.83. The first-order chi connectivity index (χ1) is 13.1. The molecule has 0 bridgehead atoms. The lowest BCUT2D eigenvalue weighted by Crippen LogP contribution is -2.63. The van der Waals surface area contributed by atoms with Crippen molar-refractivity contribution < 1.29 is 29.0 Å². The van der Waals surface area contributed by atoms with Crippen molar-refractivity contribution in [1.82, 2.24) is 0 Å². The van der Waals surface area contributed by atoms with E-state index in [0.29, 0.717) is 6.42 Å². The fourth-order valence-electron chi connectivity index (χ4n) is 6.53. The van der Waals surface area contributed by atoms with E-state index < -0.39 is 17.5 Å². The summed E-state index contributed by atoms with van der Waals surface area (Å²) in [7, 11) is 2.69. The normalized spacial score (nSPS) is 44.4. The Hall–Kier alpha value is -1.69. The van der Waals surface area contributed by atoms with Gasteiger partial charge in [-0.05, 0) is 55.8 Å². The molecule has 0 aromatic rings. The highest BCUT2D eigenvalue weighted by atomic mass is 16.5. The number of ether oxygens (including phenoxy) is 2. The molecule has 0 aromatic carbocycles. The third kappa shape index (κ3) is 2.92. The molecule has 28 heavy (non-hydrogen) atoms. The van der Waals surface area contributed by atoms with Crippen LogP contribution in [-0.4, -0.2) is 43.2 Å². The summed E-state index contributed by atoms with van der Waals surface area (Å²) >= 11 is 0. The van der Waals surface area contributed by atoms with Gasteiger partial charge >= 0.3 is 11.9 Å². The highest BCUT2D eigenvalue weighted by Crippen LogP contribution is 2.64. The number of methoxy groups -OCH3 is 2. The van der Waals surface area contributed by atoms with Gasteiger partial charge in [-0.2, -0.15) is 0 Å². The molecule has 3 saturated carbocycles. The molecular weight excluding hydrogens is 360 g/mol. The molecule has 3 rings (SSSR count). The predicted octanol–water partition coefficient (Wildman–Crippen LogP) is 2.68. The molecular formula is C22H32O6. The Kier molecular flexibility index (Phi) is 5.47. The quantitative estimate of drug-likeness (QED) is 0.574. The Morgan fingerprint density at radius 3 is 2.46 bits per heavy atom. The Labute approximate surface area is 166 Å². The SMILES string of the molecule is COC(=O)/C=C1/CCC2C(C(=O)CC3C2(C)CCC(O)C3(C)C(=O)OC)C1C. The molecule has 0 aromatic heterocycles. The summed E-state index contributed by atoms with van der Waals surface area (Å²) in [6.45, 7) is 5.95. The third-order valence-corrected chi connectivity index (χ3v) is 8.22. The maximum Gasteiger partial charge on any atom is 0.330 e. The number of carbonyl (C=O) groups is 3. The first kappa shape index (κ1) is 21.0. The summed E-state index contributed by atoms with van der Waals surface area (Å²) in [4.78, 5) is 37.7. The number of ketones is 1. The smallest absolute Gasteiger partial charge is 0.330 e. The molecule has 6 nitrogen and oxygen atoms in total. The first-order valence-electron chi connectivity index (χ1n) is 10.2. The standard InChI is InChI=1S/C22H32O6/c1-12-13(10-18(25)27-4)6-7-14-19(12)15(23)11-16-21(14,2)9-8-17(24)22(16,3)20(26)28-5/h10,12,14,16-17,19,24H,6-9,11H2,1-5H3/b13-10-. The van der Waals surface area contributed by atoms with Crippen molar-refractivity contribution in [2.45, 2.75) is 59.0 Å². The van der Waals surface area contributed by atoms with Gasteiger partial charge in [0, 0.05) is 18.4 Å². The number of hydrogen-bond donors (Lipinski definition) is 1. The van der Waals surface area contributed by atoms with E-state index in [0.717, 1.165) is 24.8 Å². The fraction of sp³-hybridized carbons (Fsp3) is 0.773. The number of Topliss-reactive ketones (excluding diaryl/α,β-unsaturated/α-hetero) is 1. The number of esters is 2. The van der Waals surface area contributed by atoms with Crippen LogP contribution < -0.4 is 0 Å². The topological polar surface area (TPSA) is 89.9 Å². The van der Waals surface area contributed by atoms with Gasteiger partial charge in [-0.3, -0.25) is 9.59 Å². The monoisotopic (exact) mass is 392 g/mol. The lowest BCUT2D eigenvalue weighted by atomic mass is 9.42. The van der Waals surface area contributed by atoms with Crippen molar-refractivity contribution >= 4 is 17.7 Å². The van der Waals surface area contributed by atoms with Gasteiger partial charge < -0.3 is 14.6 Å². The van der Waals surface area contributed by atoms with Gasteiger partial charge in [-0.25, -0.2) is 4.79 Å². The lowest BCUT2D eigenvalue weighted by molar-refractivity contribution is -0.197. The third-order valence-electron chi connectivity index (χ3n) is 8.22. The van der Waals surface area contributed by atoms with E-state index in [1.807, 2.05) is 6.92 Å². The summed E-state index contributed by atoms with van der Waals surface area (Å²) in [5.41, 5.74) is -0.338. The van der Waals surface area contributed by atoms with Gasteiger partial charge in [0.05, 0.1) is 25.7 Å². The Morgan fingerprint density at radius 1 is 1.18 bits per heavy atom. The van der Waals surface area contributed by atoms with Crippen LogP contribution in [0, 0.1) is 34.5 Å². The average Bonchev–Trinajstić information content (AvgIpc) is 2.68. The number of hydrogen-bond acceptors (Lipinski definition) is 6. The van der Waals surface area contributed by atoms with Crippen LogP contribution in [0.4, 0.5) is 0 Å². The summed E-state index contributed by atoms with van der Waals surface area (Å²) in [5.74, 6) is -1.01. The van der Waals surface area contributed by atoms with Gasteiger partial charge in [0.15, 0.2) is 0 Å². The average molecular weight is 392 g/mol. The predicted molar refractivity (Wildman–Crippen MR) is 102 cm³/mol. The molecule has 0 spiro atoms. The molecule has 0 aliphatic heterocycles. The molecule has 0 saturated heterocycles. The van der Waals surface area contributed by atoms with E-state index in [2.05, 4.69) is 6.92 Å². The maximum atomic E-state index is 13.3. The Balaban J connectivity index is 1.99. The van der Waals surface area contributed by atoms with E-state index in [9.17, 15) is 19.5 Å². The zero-order chi connectivity index (χ0) is 20.9. The summed E-state index contributed by atoms with van der Waals surface area (Å²) < 4.78 is 9.82. The lowest BCUT2D eigenvalue weighted by Gasteiger charge is -2.61. The van der Waals surface area contributed by atoms with Crippen molar-refractivity contribution in [2.24, 2.45) is 34.5 Å². The number of allylic oxidation sites excluding steroid dienone is 1. The van der Waals surface area contributed by atoms with Crippen molar-refractivity contribution in [1.29, 1.82) is 0 Å². The van der Waals surface area contributed by atoms with Crippen LogP contribution in [0.25, 0.3) is 0 Å². The van der Waals surface area contributed by atoms with Crippen molar-refractivity contribution in [2.75, 3.05) is 14.2 Å². The van der Waals surface area contributed by atoms with Crippen LogP contribution in [0.3, 0.4) is 0 Å². The number of aliphatic hydroxyl groups excluding tert-OH is 1. The molecule has 7 atom stereocenters. The van der Waals surface area contributed by atoms with Gasteiger partial charge in [-0.1, -0.05) is 19.4 Å². The first-order valence-corrected chi connectivity index (χ1v) is 10.2. The molecule has 0 radical (unpaired) electrons. The molecule has 6 heteroatoms. The van der Waals surface area contributed by atoms with Crippen molar-refractivity contribution in [3.05, 3.63) is 11.6 Å². The largest absolute Gasteiger partial charge is 0.469 e. The zero-order valence-electron chi connectivity index (χ0n) is 17.5. The second-order valence-corrected chi connectivity index (χ2v) is 9.26. The minimum Gasteiger partial charge on any atom is -0.469 e. The fourth-order valence-corrected chi connectivity index (χ4v) is 6.53. The summed E-state index contributed by atoms with van der Waals surface area (Å²) in [6, 6.07) is 0. The number of aliphatic hydroxyl groups is 1. The molecule has 3 fully saturated rings. The van der Waals surface area contributed by atoms with Crippen molar-refractivity contribution in [3.63, 3.8) is 0 Å². The van der Waals surface area contributed by atoms with Gasteiger partial charge in [0.25, 0.3) is 0 Å². The van der Waals surface area contributed by atoms with Crippen LogP contribution >= 0.6 is 0 Å². The molecule has 3 aliphatic rings. The van der Waals surface area contributed by atoms with Gasteiger partial charge in [0.2, 0.25) is 0 Å². The minimum absolute atomic E-state index is 0.0284. The molecule has 7 unspecified atom stereocenters. The maximum absolute atomic E-state index is 13.3. The molecule has 3 aliphatic carbocycles. The van der Waals surface area contributed by atoms with Gasteiger partial charge in [0.1, 0.15) is 5.78 Å². The van der Waals surface area contributed by atoms with Crippen molar-refractivity contribution in [3.8, 4) is 0 Å². The zero-order valence-corrected chi connectivity index (χ0v) is 17.5. The van der Waals surface area contributed by atoms with Crippen LogP contribution in [0.2, 0.25) is 0 Å². The molecule has 0 amide bonds. The van der Waals surface area contributed by atoms with E-state index in [1.54, 1.807) is 6.92 Å². The Morgan fingerprint density at radius 2 is 1.86 bits per heavy atom. The van der Waals surface area contributed by atoms with Crippen LogP contribution in [-0.2, 0) is 23.9 Å². The molecule has 156 valence electrons. The number of fused-ring (bicyclic) bond motifs is 3. The molecule has 0 heterocycles. The summed E-state index contributed by atoms with van der Waals surface area (Å²) in [5, 5.41) is 10.7.